The molecule has 10 rings (SSSR count). The molecule has 0 spiro atoms. The summed E-state index contributed by atoms with van der Waals surface area (Å²) in [5.41, 5.74) is 12.8. The summed E-state index contributed by atoms with van der Waals surface area (Å²) in [4.78, 5) is 0. The van der Waals surface area contributed by atoms with Crippen LogP contribution in [0.1, 0.15) is 39.8 Å². The van der Waals surface area contributed by atoms with Crippen molar-refractivity contribution in [3.8, 4) is 33.8 Å². The van der Waals surface area contributed by atoms with E-state index >= 15 is 0 Å². The predicted molar refractivity (Wildman–Crippen MR) is 215 cm³/mol. The zero-order valence-corrected chi connectivity index (χ0v) is 33.3. The summed E-state index contributed by atoms with van der Waals surface area (Å²) in [7, 11) is 0. The monoisotopic (exact) mass is 764 g/mol. The minimum atomic E-state index is 0.284. The molecule has 4 aromatic carbocycles. The highest BCUT2D eigenvalue weighted by atomic mass is 16.6. The summed E-state index contributed by atoms with van der Waals surface area (Å²) >= 11 is 0. The highest BCUT2D eigenvalue weighted by Gasteiger charge is 2.27. The van der Waals surface area contributed by atoms with Crippen LogP contribution in [0.4, 0.5) is 0 Å². The van der Waals surface area contributed by atoms with E-state index in [4.69, 9.17) is 42.6 Å². The van der Waals surface area contributed by atoms with Crippen molar-refractivity contribution >= 4 is 0 Å². The second kappa shape index (κ2) is 18.2. The lowest BCUT2D eigenvalue weighted by atomic mass is 9.92. The molecule has 6 unspecified atom stereocenters. The summed E-state index contributed by atoms with van der Waals surface area (Å²) in [6, 6.07) is 26.0. The van der Waals surface area contributed by atoms with Crippen molar-refractivity contribution < 1.29 is 42.6 Å². The summed E-state index contributed by atoms with van der Waals surface area (Å²) in [6.07, 6.45) is 5.47. The van der Waals surface area contributed by atoms with Gasteiger partial charge in [0.1, 0.15) is 43.0 Å². The SMILES string of the molecule is C(CC1CO1)OCC1CO1.Cc1cc(-c2cc(C)c(OCC3CO3)c(C)c2)cc(C)c1CC1CO1.c1cc(-c2ccc(OCC3CO3)cc2)ccc1CC1CO1. The lowest BCUT2D eigenvalue weighted by Gasteiger charge is -2.16. The maximum atomic E-state index is 5.96. The average molecular weight is 765 g/mol. The first-order chi connectivity index (χ1) is 27.3. The summed E-state index contributed by atoms with van der Waals surface area (Å²) < 4.78 is 47.9. The Bertz CT molecular complexity index is 1820. The van der Waals surface area contributed by atoms with Crippen molar-refractivity contribution in [3.05, 3.63) is 106 Å². The second-order valence-corrected chi connectivity index (χ2v) is 15.9. The number of ether oxygens (including phenoxy) is 9. The zero-order valence-electron chi connectivity index (χ0n) is 33.3. The lowest BCUT2D eigenvalue weighted by molar-refractivity contribution is 0.109. The van der Waals surface area contributed by atoms with Crippen molar-refractivity contribution in [2.24, 2.45) is 0 Å². The van der Waals surface area contributed by atoms with E-state index in [0.717, 1.165) is 83.6 Å². The first-order valence-corrected chi connectivity index (χ1v) is 20.3. The summed E-state index contributed by atoms with van der Waals surface area (Å²) in [5.74, 6) is 1.90. The number of rotatable bonds is 17. The van der Waals surface area contributed by atoms with Crippen molar-refractivity contribution in [2.75, 3.05) is 66.1 Å². The fourth-order valence-corrected chi connectivity index (χ4v) is 6.79. The molecule has 0 aliphatic carbocycles. The Labute approximate surface area is 331 Å². The number of hydrogen-bond acceptors (Lipinski definition) is 9. The van der Waals surface area contributed by atoms with Gasteiger partial charge in [-0.25, -0.2) is 0 Å². The fraction of sp³-hybridized carbons (Fsp3) is 0.489. The number of epoxide rings is 6. The van der Waals surface area contributed by atoms with E-state index in [0.29, 0.717) is 43.7 Å². The molecule has 0 amide bonds. The Morgan fingerprint density at radius 1 is 0.464 bits per heavy atom. The number of aryl methyl sites for hydroxylation is 4. The van der Waals surface area contributed by atoms with Crippen LogP contribution in [0.2, 0.25) is 0 Å². The van der Waals surface area contributed by atoms with Gasteiger partial charge in [-0.3, -0.25) is 0 Å². The molecule has 6 atom stereocenters. The van der Waals surface area contributed by atoms with Gasteiger partial charge in [0.05, 0.1) is 64.6 Å². The summed E-state index contributed by atoms with van der Waals surface area (Å²) in [6.45, 7) is 16.9. The Hall–Kier alpha value is -3.80. The quantitative estimate of drug-likeness (QED) is 0.0796. The molecule has 6 aliphatic rings. The molecular weight excluding hydrogens is 709 g/mol. The fourth-order valence-electron chi connectivity index (χ4n) is 6.79. The zero-order chi connectivity index (χ0) is 38.4. The Morgan fingerprint density at radius 2 is 0.911 bits per heavy atom. The van der Waals surface area contributed by atoms with Gasteiger partial charge in [-0.05, 0) is 114 Å². The molecule has 0 radical (unpaired) electrons. The van der Waals surface area contributed by atoms with Gasteiger partial charge < -0.3 is 42.6 Å². The molecule has 6 saturated heterocycles. The molecular formula is C47H56O9. The molecule has 4 aromatic rings. The molecule has 6 heterocycles. The van der Waals surface area contributed by atoms with Gasteiger partial charge in [0, 0.05) is 19.4 Å². The Morgan fingerprint density at radius 3 is 1.43 bits per heavy atom. The van der Waals surface area contributed by atoms with E-state index in [2.05, 4.69) is 88.4 Å². The molecule has 6 fully saturated rings. The number of benzene rings is 4. The van der Waals surface area contributed by atoms with E-state index in [-0.39, 0.29) is 6.10 Å². The van der Waals surface area contributed by atoms with Gasteiger partial charge in [-0.15, -0.1) is 0 Å². The standard InChI is InChI=1S/C22H26O3.C18H18O3.C7H12O3/c1-13-5-17(6-14(2)21(13)9-19-10-23-19)18-7-15(3)22(16(4)8-18)25-12-20-11-24-20;1-3-14(4-2-13(1)9-17-10-20-17)15-5-7-16(8-6-15)19-11-18-12-21-18;1(6-4-9-6)2-8-3-7-5-10-7/h5-8,19-20H,9-12H2,1-4H3;1-8,17-18H,9-12H2;6-7H,1-5H2. The van der Waals surface area contributed by atoms with Crippen molar-refractivity contribution in [3.63, 3.8) is 0 Å². The van der Waals surface area contributed by atoms with Crippen molar-refractivity contribution in [1.29, 1.82) is 0 Å². The molecule has 9 nitrogen and oxygen atoms in total. The molecule has 0 saturated carbocycles. The topological polar surface area (TPSA) is 103 Å². The minimum Gasteiger partial charge on any atom is -0.491 e. The molecule has 0 N–H and O–H groups in total. The van der Waals surface area contributed by atoms with Crippen LogP contribution in [-0.2, 0) is 46.0 Å². The van der Waals surface area contributed by atoms with E-state index in [1.54, 1.807) is 0 Å². The third kappa shape index (κ3) is 12.3. The third-order valence-electron chi connectivity index (χ3n) is 10.7. The second-order valence-electron chi connectivity index (χ2n) is 15.9. The highest BCUT2D eigenvalue weighted by Crippen LogP contribution is 2.34. The maximum Gasteiger partial charge on any atom is 0.125 e. The normalized spacial score (nSPS) is 24.5. The Kier molecular flexibility index (Phi) is 12.7. The molecule has 6 aliphatic heterocycles. The maximum absolute atomic E-state index is 5.96. The van der Waals surface area contributed by atoms with E-state index in [9.17, 15) is 0 Å². The van der Waals surface area contributed by atoms with Gasteiger partial charge in [0.15, 0.2) is 0 Å². The molecule has 0 aromatic heterocycles. The first kappa shape index (κ1) is 39.0. The van der Waals surface area contributed by atoms with Crippen LogP contribution in [0.5, 0.6) is 11.5 Å². The van der Waals surface area contributed by atoms with E-state index in [1.165, 1.54) is 55.6 Å². The number of hydrogen-bond donors (Lipinski definition) is 0. The van der Waals surface area contributed by atoms with Gasteiger partial charge in [-0.2, -0.15) is 0 Å². The first-order valence-electron chi connectivity index (χ1n) is 20.3. The molecule has 9 heteroatoms. The average Bonchev–Trinajstić information content (AvgIpc) is 3.98. The van der Waals surface area contributed by atoms with Crippen LogP contribution in [0.25, 0.3) is 22.3 Å². The van der Waals surface area contributed by atoms with E-state index in [1.807, 2.05) is 12.1 Å². The van der Waals surface area contributed by atoms with Crippen LogP contribution in [-0.4, -0.2) is 103 Å². The van der Waals surface area contributed by atoms with E-state index < -0.39 is 0 Å². The predicted octanol–water partition coefficient (Wildman–Crippen LogP) is 7.57. The molecule has 0 bridgehead atoms. The van der Waals surface area contributed by atoms with Crippen molar-refractivity contribution in [1.82, 2.24) is 0 Å². The van der Waals surface area contributed by atoms with Crippen LogP contribution in [0, 0.1) is 27.7 Å². The van der Waals surface area contributed by atoms with Crippen LogP contribution in [0.3, 0.4) is 0 Å². The third-order valence-corrected chi connectivity index (χ3v) is 10.7. The van der Waals surface area contributed by atoms with Crippen LogP contribution < -0.4 is 9.47 Å². The van der Waals surface area contributed by atoms with Gasteiger partial charge >= 0.3 is 0 Å². The Balaban J connectivity index is 0.000000128. The smallest absolute Gasteiger partial charge is 0.125 e. The van der Waals surface area contributed by atoms with Crippen LogP contribution >= 0.6 is 0 Å². The molecule has 298 valence electrons. The molecule has 56 heavy (non-hydrogen) atoms. The van der Waals surface area contributed by atoms with Gasteiger partial charge in [-0.1, -0.05) is 48.5 Å². The lowest BCUT2D eigenvalue weighted by Crippen LogP contribution is -2.06. The highest BCUT2D eigenvalue weighted by molar-refractivity contribution is 5.70. The van der Waals surface area contributed by atoms with Crippen LogP contribution in [0.15, 0.2) is 72.8 Å². The van der Waals surface area contributed by atoms with Gasteiger partial charge in [0.25, 0.3) is 0 Å². The summed E-state index contributed by atoms with van der Waals surface area (Å²) in [5, 5.41) is 0. The largest absolute Gasteiger partial charge is 0.491 e. The van der Waals surface area contributed by atoms with Gasteiger partial charge in [0.2, 0.25) is 0 Å². The minimum absolute atomic E-state index is 0.284. The van der Waals surface area contributed by atoms with Crippen molar-refractivity contribution in [2.45, 2.75) is 83.6 Å².